The van der Waals surface area contributed by atoms with Crippen LogP contribution in [0.3, 0.4) is 0 Å². The number of hydrogen-bond donors (Lipinski definition) is 2. The first-order valence-corrected chi connectivity index (χ1v) is 7.19. The van der Waals surface area contributed by atoms with E-state index < -0.39 is 0 Å². The lowest BCUT2D eigenvalue weighted by molar-refractivity contribution is 0.489. The van der Waals surface area contributed by atoms with Gasteiger partial charge in [-0.15, -0.1) is 0 Å². The van der Waals surface area contributed by atoms with Gasteiger partial charge < -0.3 is 0 Å². The van der Waals surface area contributed by atoms with Crippen molar-refractivity contribution in [3.63, 3.8) is 0 Å². The monoisotopic (exact) mass is 322 g/mol. The molecule has 0 saturated carbocycles. The molecule has 0 fully saturated rings. The Bertz CT molecular complexity index is 550. The Hall–Kier alpha value is -1.17. The second-order valence-corrected chi connectivity index (χ2v) is 5.40. The predicted molar refractivity (Wildman–Crippen MR) is 80.5 cm³/mol. The minimum absolute atomic E-state index is 0.0554. The van der Waals surface area contributed by atoms with Gasteiger partial charge in [-0.3, -0.25) is 16.0 Å². The smallest absolute Gasteiger partial charge is 0.0669 e. The van der Waals surface area contributed by atoms with Gasteiger partial charge in [-0.1, -0.05) is 34.1 Å². The van der Waals surface area contributed by atoms with E-state index >= 15 is 0 Å². The number of benzene rings is 1. The molecule has 0 aliphatic heterocycles. The number of aromatic nitrogens is 2. The largest absolute Gasteiger partial charge is 0.271 e. The number of halogens is 1. The number of hydrogen-bond acceptors (Lipinski definition) is 3. The van der Waals surface area contributed by atoms with E-state index in [0.29, 0.717) is 0 Å². The first-order valence-electron chi connectivity index (χ1n) is 6.39. The minimum atomic E-state index is 0.0554. The molecule has 0 radical (unpaired) electrons. The Morgan fingerprint density at radius 2 is 2.16 bits per heavy atom. The summed E-state index contributed by atoms with van der Waals surface area (Å²) in [6, 6.07) is 10.3. The molecule has 0 spiro atoms. The highest BCUT2D eigenvalue weighted by Gasteiger charge is 2.17. The van der Waals surface area contributed by atoms with Gasteiger partial charge >= 0.3 is 0 Å². The van der Waals surface area contributed by atoms with Crippen LogP contribution in [0.25, 0.3) is 0 Å². The summed E-state index contributed by atoms with van der Waals surface area (Å²) in [5.41, 5.74) is 6.27. The molecule has 0 aliphatic carbocycles. The molecule has 19 heavy (non-hydrogen) atoms. The number of aryl methyl sites for hydroxylation is 2. The van der Waals surface area contributed by atoms with Crippen LogP contribution in [0.2, 0.25) is 0 Å². The van der Waals surface area contributed by atoms with Crippen molar-refractivity contribution < 1.29 is 0 Å². The molecule has 1 heterocycles. The number of nitrogens with zero attached hydrogens (tertiary/aromatic N) is 2. The van der Waals surface area contributed by atoms with Gasteiger partial charge in [-0.25, -0.2) is 0 Å². The van der Waals surface area contributed by atoms with Gasteiger partial charge in [0, 0.05) is 11.0 Å². The standard InChI is InChI=1S/C14H19BrN4/c1-3-19-14(8-10(2)18-19)13(17-16)9-11-6-4-5-7-12(11)15/h4-8,13,17H,3,9,16H2,1-2H3. The van der Waals surface area contributed by atoms with Crippen molar-refractivity contribution >= 4 is 15.9 Å². The fourth-order valence-electron chi connectivity index (χ4n) is 2.23. The zero-order valence-corrected chi connectivity index (χ0v) is 12.8. The lowest BCUT2D eigenvalue weighted by atomic mass is 10.0. The van der Waals surface area contributed by atoms with Crippen molar-refractivity contribution in [2.45, 2.75) is 32.9 Å². The average Bonchev–Trinajstić information content (AvgIpc) is 2.79. The SMILES string of the molecule is CCn1nc(C)cc1C(Cc1ccccc1Br)NN. The molecule has 0 bridgehead atoms. The zero-order chi connectivity index (χ0) is 13.8. The third kappa shape index (κ3) is 3.23. The summed E-state index contributed by atoms with van der Waals surface area (Å²) in [7, 11) is 0. The predicted octanol–water partition coefficient (Wildman–Crippen LogP) is 2.72. The quantitative estimate of drug-likeness (QED) is 0.657. The third-order valence-corrected chi connectivity index (χ3v) is 3.95. The van der Waals surface area contributed by atoms with Gasteiger partial charge in [0.2, 0.25) is 0 Å². The van der Waals surface area contributed by atoms with E-state index in [-0.39, 0.29) is 6.04 Å². The molecule has 3 N–H and O–H groups in total. The van der Waals surface area contributed by atoms with E-state index in [9.17, 15) is 0 Å². The van der Waals surface area contributed by atoms with Crippen LogP contribution in [-0.4, -0.2) is 9.78 Å². The first kappa shape index (κ1) is 14.2. The summed E-state index contributed by atoms with van der Waals surface area (Å²) in [5.74, 6) is 5.73. The molecule has 1 aromatic heterocycles. The topological polar surface area (TPSA) is 55.9 Å². The first-order chi connectivity index (χ1) is 9.15. The van der Waals surface area contributed by atoms with Crippen LogP contribution in [0, 0.1) is 6.92 Å². The number of hydrazine groups is 1. The molecular weight excluding hydrogens is 304 g/mol. The molecule has 2 rings (SSSR count). The van der Waals surface area contributed by atoms with Crippen LogP contribution < -0.4 is 11.3 Å². The van der Waals surface area contributed by atoms with E-state index in [1.54, 1.807) is 0 Å². The highest BCUT2D eigenvalue weighted by atomic mass is 79.9. The molecule has 1 atom stereocenters. The Labute approximate surface area is 122 Å². The molecule has 2 aromatic rings. The van der Waals surface area contributed by atoms with Crippen molar-refractivity contribution in [3.05, 3.63) is 51.8 Å². The molecule has 0 saturated heterocycles. The van der Waals surface area contributed by atoms with Crippen LogP contribution in [0.1, 0.15) is 29.9 Å². The fourth-order valence-corrected chi connectivity index (χ4v) is 2.68. The molecule has 102 valence electrons. The van der Waals surface area contributed by atoms with Crippen molar-refractivity contribution in [3.8, 4) is 0 Å². The maximum atomic E-state index is 5.73. The van der Waals surface area contributed by atoms with E-state index in [0.717, 1.165) is 28.8 Å². The van der Waals surface area contributed by atoms with E-state index in [1.807, 2.05) is 29.8 Å². The Morgan fingerprint density at radius 1 is 1.42 bits per heavy atom. The molecular formula is C14H19BrN4. The van der Waals surface area contributed by atoms with Crippen LogP contribution in [0.5, 0.6) is 0 Å². The van der Waals surface area contributed by atoms with Crippen LogP contribution >= 0.6 is 15.9 Å². The van der Waals surface area contributed by atoms with Crippen molar-refractivity contribution in [2.75, 3.05) is 0 Å². The van der Waals surface area contributed by atoms with E-state index in [4.69, 9.17) is 5.84 Å². The van der Waals surface area contributed by atoms with Crippen molar-refractivity contribution in [1.82, 2.24) is 15.2 Å². The van der Waals surface area contributed by atoms with Gasteiger partial charge in [-0.05, 0) is 38.0 Å². The molecule has 0 aliphatic rings. The van der Waals surface area contributed by atoms with E-state index in [1.165, 1.54) is 5.56 Å². The zero-order valence-electron chi connectivity index (χ0n) is 11.2. The fraction of sp³-hybridized carbons (Fsp3) is 0.357. The minimum Gasteiger partial charge on any atom is -0.271 e. The number of nitrogens with one attached hydrogen (secondary N) is 1. The lowest BCUT2D eigenvalue weighted by Crippen LogP contribution is -2.31. The molecule has 1 aromatic carbocycles. The van der Waals surface area contributed by atoms with Gasteiger partial charge in [0.05, 0.1) is 17.4 Å². The number of rotatable bonds is 5. The van der Waals surface area contributed by atoms with Crippen molar-refractivity contribution in [2.24, 2.45) is 5.84 Å². The summed E-state index contributed by atoms with van der Waals surface area (Å²) in [6.07, 6.45) is 0.822. The summed E-state index contributed by atoms with van der Waals surface area (Å²) in [6.45, 7) is 4.93. The maximum absolute atomic E-state index is 5.73. The summed E-state index contributed by atoms with van der Waals surface area (Å²) >= 11 is 3.58. The van der Waals surface area contributed by atoms with Gasteiger partial charge in [-0.2, -0.15) is 5.10 Å². The number of nitrogens with two attached hydrogens (primary N) is 1. The van der Waals surface area contributed by atoms with E-state index in [2.05, 4.69) is 45.5 Å². The second kappa shape index (κ2) is 6.32. The highest BCUT2D eigenvalue weighted by molar-refractivity contribution is 9.10. The van der Waals surface area contributed by atoms with Gasteiger partial charge in [0.15, 0.2) is 0 Å². The summed E-state index contributed by atoms with van der Waals surface area (Å²) in [4.78, 5) is 0. The van der Waals surface area contributed by atoms with Crippen LogP contribution in [-0.2, 0) is 13.0 Å². The lowest BCUT2D eigenvalue weighted by Gasteiger charge is -2.18. The molecule has 4 nitrogen and oxygen atoms in total. The molecule has 1 unspecified atom stereocenters. The Morgan fingerprint density at radius 3 is 2.79 bits per heavy atom. The van der Waals surface area contributed by atoms with Gasteiger partial charge in [0.25, 0.3) is 0 Å². The summed E-state index contributed by atoms with van der Waals surface area (Å²) < 4.78 is 3.10. The Kier molecular flexibility index (Phi) is 4.74. The molecule has 5 heteroatoms. The summed E-state index contributed by atoms with van der Waals surface area (Å²) in [5, 5.41) is 4.47. The maximum Gasteiger partial charge on any atom is 0.0669 e. The third-order valence-electron chi connectivity index (χ3n) is 3.17. The normalized spacial score (nSPS) is 12.6. The van der Waals surface area contributed by atoms with Crippen molar-refractivity contribution in [1.29, 1.82) is 0 Å². The average molecular weight is 323 g/mol. The van der Waals surface area contributed by atoms with Crippen LogP contribution in [0.15, 0.2) is 34.8 Å². The van der Waals surface area contributed by atoms with Crippen LogP contribution in [0.4, 0.5) is 0 Å². The van der Waals surface area contributed by atoms with Gasteiger partial charge in [0.1, 0.15) is 0 Å². The second-order valence-electron chi connectivity index (χ2n) is 4.54. The Balaban J connectivity index is 2.27. The highest BCUT2D eigenvalue weighted by Crippen LogP contribution is 2.24. The molecule has 0 amide bonds.